The minimum absolute atomic E-state index is 0. The van der Waals surface area contributed by atoms with Crippen molar-refractivity contribution in [1.82, 2.24) is 4.90 Å². The summed E-state index contributed by atoms with van der Waals surface area (Å²) in [6.07, 6.45) is 7.25. The highest BCUT2D eigenvalue weighted by Crippen LogP contribution is 2.49. The molecule has 0 aromatic heterocycles. The van der Waals surface area contributed by atoms with E-state index in [-0.39, 0.29) is 24.4 Å². The van der Waals surface area contributed by atoms with E-state index in [0.29, 0.717) is 23.2 Å². The van der Waals surface area contributed by atoms with Gasteiger partial charge in [0.2, 0.25) is 5.91 Å². The van der Waals surface area contributed by atoms with Gasteiger partial charge >= 0.3 is 0 Å². The Morgan fingerprint density at radius 3 is 2.40 bits per heavy atom. The van der Waals surface area contributed by atoms with Crippen molar-refractivity contribution in [3.8, 4) is 0 Å². The summed E-state index contributed by atoms with van der Waals surface area (Å²) in [5.41, 5.74) is 6.70. The van der Waals surface area contributed by atoms with Crippen LogP contribution in [0.1, 0.15) is 52.4 Å². The van der Waals surface area contributed by atoms with Crippen LogP contribution in [0.4, 0.5) is 0 Å². The first-order valence-electron chi connectivity index (χ1n) is 8.14. The average molecular weight is 301 g/mol. The minimum atomic E-state index is 0. The number of likely N-dealkylation sites (tertiary alicyclic amines) is 1. The van der Waals surface area contributed by atoms with Gasteiger partial charge in [0.1, 0.15) is 0 Å². The van der Waals surface area contributed by atoms with Crippen LogP contribution in [0.3, 0.4) is 0 Å². The van der Waals surface area contributed by atoms with E-state index in [1.54, 1.807) is 0 Å². The fourth-order valence-corrected chi connectivity index (χ4v) is 4.86. The molecule has 2 saturated carbocycles. The monoisotopic (exact) mass is 300 g/mol. The Morgan fingerprint density at radius 2 is 1.90 bits per heavy atom. The summed E-state index contributed by atoms with van der Waals surface area (Å²) in [6, 6.07) is 0.143. The number of hydrogen-bond acceptors (Lipinski definition) is 2. The number of hydrogen-bond donors (Lipinski definition) is 1. The first kappa shape index (κ1) is 16.1. The van der Waals surface area contributed by atoms with Gasteiger partial charge in [-0.15, -0.1) is 12.4 Å². The number of nitrogens with two attached hydrogens (primary N) is 1. The van der Waals surface area contributed by atoms with Gasteiger partial charge in [0.25, 0.3) is 0 Å². The lowest BCUT2D eigenvalue weighted by Crippen LogP contribution is -2.46. The van der Waals surface area contributed by atoms with Gasteiger partial charge in [-0.2, -0.15) is 0 Å². The summed E-state index contributed by atoms with van der Waals surface area (Å²) < 4.78 is 0. The van der Waals surface area contributed by atoms with Gasteiger partial charge in [0, 0.05) is 19.1 Å². The van der Waals surface area contributed by atoms with Crippen molar-refractivity contribution in [3.63, 3.8) is 0 Å². The molecule has 1 heterocycles. The van der Waals surface area contributed by atoms with E-state index in [1.165, 1.54) is 38.5 Å². The van der Waals surface area contributed by atoms with E-state index in [4.69, 9.17) is 5.73 Å². The number of carbonyl (C=O) groups excluding carboxylic acids is 1. The predicted octanol–water partition coefficient (Wildman–Crippen LogP) is 2.82. The van der Waals surface area contributed by atoms with Crippen molar-refractivity contribution >= 4 is 18.3 Å². The van der Waals surface area contributed by atoms with E-state index >= 15 is 0 Å². The molecule has 4 unspecified atom stereocenters. The van der Waals surface area contributed by atoms with Crippen LogP contribution in [0.2, 0.25) is 0 Å². The van der Waals surface area contributed by atoms with Crippen molar-refractivity contribution in [2.75, 3.05) is 13.1 Å². The molecule has 1 saturated heterocycles. The van der Waals surface area contributed by atoms with Gasteiger partial charge in [0.15, 0.2) is 0 Å². The molecular formula is C16H29ClN2O. The molecule has 3 nitrogen and oxygen atoms in total. The summed E-state index contributed by atoms with van der Waals surface area (Å²) >= 11 is 0. The number of carbonyl (C=O) groups is 1. The maximum absolute atomic E-state index is 12.8. The van der Waals surface area contributed by atoms with Crippen LogP contribution in [-0.2, 0) is 4.79 Å². The number of fused-ring (bicyclic) bond motifs is 2. The van der Waals surface area contributed by atoms with E-state index < -0.39 is 0 Å². The lowest BCUT2D eigenvalue weighted by molar-refractivity contribution is -0.137. The van der Waals surface area contributed by atoms with Crippen molar-refractivity contribution < 1.29 is 4.79 Å². The van der Waals surface area contributed by atoms with E-state index in [1.807, 2.05) is 0 Å². The van der Waals surface area contributed by atoms with Crippen molar-refractivity contribution in [2.45, 2.75) is 58.4 Å². The second kappa shape index (κ2) is 5.84. The van der Waals surface area contributed by atoms with Crippen LogP contribution in [0.15, 0.2) is 0 Å². The fraction of sp³-hybridized carbons (Fsp3) is 0.938. The zero-order chi connectivity index (χ0) is 13.6. The molecule has 4 atom stereocenters. The molecule has 3 fully saturated rings. The van der Waals surface area contributed by atoms with Gasteiger partial charge in [-0.05, 0) is 55.8 Å². The molecule has 3 aliphatic rings. The van der Waals surface area contributed by atoms with E-state index in [9.17, 15) is 4.79 Å². The zero-order valence-corrected chi connectivity index (χ0v) is 13.6. The highest BCUT2D eigenvalue weighted by molar-refractivity contribution is 5.85. The van der Waals surface area contributed by atoms with E-state index in [2.05, 4.69) is 18.7 Å². The number of amides is 1. The lowest BCUT2D eigenvalue weighted by atomic mass is 9.81. The number of halogens is 1. The summed E-state index contributed by atoms with van der Waals surface area (Å²) in [4.78, 5) is 15.0. The summed E-state index contributed by atoms with van der Waals surface area (Å²) in [5.74, 6) is 1.74. The zero-order valence-electron chi connectivity index (χ0n) is 12.8. The van der Waals surface area contributed by atoms with Crippen LogP contribution in [0.25, 0.3) is 0 Å². The quantitative estimate of drug-likeness (QED) is 0.871. The van der Waals surface area contributed by atoms with Crippen molar-refractivity contribution in [1.29, 1.82) is 0 Å². The third-order valence-corrected chi connectivity index (χ3v) is 6.52. The Morgan fingerprint density at radius 1 is 1.25 bits per heavy atom. The normalized spacial score (nSPS) is 38.0. The largest absolute Gasteiger partial charge is 0.342 e. The Balaban J connectivity index is 0.00000147. The average Bonchev–Trinajstić information content (AvgIpc) is 3.12. The molecule has 3 rings (SSSR count). The van der Waals surface area contributed by atoms with E-state index in [0.717, 1.165) is 13.1 Å². The highest BCUT2D eigenvalue weighted by atomic mass is 35.5. The highest BCUT2D eigenvalue weighted by Gasteiger charge is 2.51. The maximum Gasteiger partial charge on any atom is 0.227 e. The standard InChI is InChI=1S/C16H28N2O.ClH/c1-3-16(4-2)7-8-18(10-16)15(19)13-11-5-6-12(9-11)14(13)17;/h11-14H,3-10,17H2,1-2H3;1H. The van der Waals surface area contributed by atoms with Crippen LogP contribution < -0.4 is 5.73 Å². The molecule has 20 heavy (non-hydrogen) atoms. The molecule has 1 aliphatic heterocycles. The predicted molar refractivity (Wildman–Crippen MR) is 83.8 cm³/mol. The number of rotatable bonds is 3. The fourth-order valence-electron chi connectivity index (χ4n) is 4.86. The summed E-state index contributed by atoms with van der Waals surface area (Å²) in [6.45, 7) is 6.46. The SMILES string of the molecule is CCC1(CC)CCN(C(=O)C2C3CCC(C3)C2N)C1.Cl. The molecule has 0 aromatic carbocycles. The minimum Gasteiger partial charge on any atom is -0.342 e. The van der Waals surface area contributed by atoms with Gasteiger partial charge in [0.05, 0.1) is 5.92 Å². The molecule has 2 N–H and O–H groups in total. The summed E-state index contributed by atoms with van der Waals surface area (Å²) in [5, 5.41) is 0. The van der Waals surface area contributed by atoms with Gasteiger partial charge < -0.3 is 10.6 Å². The lowest BCUT2D eigenvalue weighted by Gasteiger charge is -2.32. The van der Waals surface area contributed by atoms with Crippen LogP contribution >= 0.6 is 12.4 Å². The maximum atomic E-state index is 12.8. The molecular weight excluding hydrogens is 272 g/mol. The Labute approximate surface area is 129 Å². The topological polar surface area (TPSA) is 46.3 Å². The molecule has 2 bridgehead atoms. The summed E-state index contributed by atoms with van der Waals surface area (Å²) in [7, 11) is 0. The molecule has 2 aliphatic carbocycles. The van der Waals surface area contributed by atoms with Crippen LogP contribution in [-0.4, -0.2) is 29.9 Å². The number of nitrogens with zero attached hydrogens (tertiary/aromatic N) is 1. The molecule has 1 amide bonds. The van der Waals surface area contributed by atoms with Crippen LogP contribution in [0, 0.1) is 23.2 Å². The molecule has 4 heteroatoms. The van der Waals surface area contributed by atoms with Gasteiger partial charge in [-0.1, -0.05) is 13.8 Å². The van der Waals surface area contributed by atoms with Gasteiger partial charge in [-0.3, -0.25) is 4.79 Å². The first-order valence-corrected chi connectivity index (χ1v) is 8.14. The molecule has 116 valence electrons. The molecule has 0 spiro atoms. The third kappa shape index (κ3) is 2.37. The Kier molecular flexibility index (Phi) is 4.70. The first-order chi connectivity index (χ1) is 9.10. The smallest absolute Gasteiger partial charge is 0.227 e. The van der Waals surface area contributed by atoms with Crippen molar-refractivity contribution in [3.05, 3.63) is 0 Å². The second-order valence-electron chi connectivity index (χ2n) is 7.15. The van der Waals surface area contributed by atoms with Crippen molar-refractivity contribution in [2.24, 2.45) is 28.9 Å². The molecule has 0 radical (unpaired) electrons. The third-order valence-electron chi connectivity index (χ3n) is 6.52. The Hall–Kier alpha value is -0.280. The van der Waals surface area contributed by atoms with Crippen LogP contribution in [0.5, 0.6) is 0 Å². The Bertz CT molecular complexity index is 367. The second-order valence-corrected chi connectivity index (χ2v) is 7.15. The van der Waals surface area contributed by atoms with Gasteiger partial charge in [-0.25, -0.2) is 0 Å². The molecule has 0 aromatic rings.